The number of hydrogen-bond donors (Lipinski definition) is 1. The second-order valence-corrected chi connectivity index (χ2v) is 10.6. The van der Waals surface area contributed by atoms with Gasteiger partial charge in [-0.15, -0.1) is 21.5 Å². The van der Waals surface area contributed by atoms with Crippen LogP contribution in [-0.4, -0.2) is 31.4 Å². The highest BCUT2D eigenvalue weighted by atomic mass is 79.9. The van der Waals surface area contributed by atoms with E-state index < -0.39 is 0 Å². The van der Waals surface area contributed by atoms with Gasteiger partial charge in [-0.3, -0.25) is 4.79 Å². The Kier molecular flexibility index (Phi) is 8.02. The van der Waals surface area contributed by atoms with Crippen LogP contribution in [0.5, 0.6) is 5.75 Å². The van der Waals surface area contributed by atoms with E-state index in [1.165, 1.54) is 28.7 Å². The van der Waals surface area contributed by atoms with E-state index in [1.54, 1.807) is 0 Å². The number of nitrogens with zero attached hydrogens (tertiary/aromatic N) is 4. The van der Waals surface area contributed by atoms with E-state index in [0.717, 1.165) is 21.5 Å². The molecule has 0 aliphatic rings. The van der Waals surface area contributed by atoms with Crippen molar-refractivity contribution in [1.29, 1.82) is 0 Å². The summed E-state index contributed by atoms with van der Waals surface area (Å²) in [6, 6.07) is 16.0. The standard InChI is InChI=1S/C24H24BrN5O2S2/c1-15(2)16-6-10-19(11-7-16)32-12-21-28-29-24(30(21)3)34-14-22(31)27-23-26-20(13-33-23)17-4-8-18(25)9-5-17/h4-11,13,15H,12,14H2,1-3H3,(H,26,27,31). The molecule has 0 aliphatic heterocycles. The van der Waals surface area contributed by atoms with Gasteiger partial charge in [0.15, 0.2) is 16.1 Å². The Labute approximate surface area is 215 Å². The largest absolute Gasteiger partial charge is 0.486 e. The maximum atomic E-state index is 12.4. The van der Waals surface area contributed by atoms with Crippen LogP contribution in [0, 0.1) is 0 Å². The van der Waals surface area contributed by atoms with Crippen molar-refractivity contribution in [2.45, 2.75) is 31.5 Å². The van der Waals surface area contributed by atoms with Gasteiger partial charge in [-0.25, -0.2) is 4.98 Å². The van der Waals surface area contributed by atoms with Crippen molar-refractivity contribution in [2.24, 2.45) is 7.05 Å². The first kappa shape index (κ1) is 24.4. The first-order valence-corrected chi connectivity index (χ1v) is 13.3. The molecule has 2 heterocycles. The molecule has 0 saturated heterocycles. The van der Waals surface area contributed by atoms with Crippen molar-refractivity contribution in [1.82, 2.24) is 19.7 Å². The Morgan fingerprint density at radius 3 is 2.59 bits per heavy atom. The number of hydrogen-bond acceptors (Lipinski definition) is 7. The molecule has 1 N–H and O–H groups in total. The third-order valence-corrected chi connectivity index (χ3v) is 7.37. The van der Waals surface area contributed by atoms with Gasteiger partial charge >= 0.3 is 0 Å². The summed E-state index contributed by atoms with van der Waals surface area (Å²) >= 11 is 6.15. The summed E-state index contributed by atoms with van der Waals surface area (Å²) in [5.41, 5.74) is 3.10. The molecule has 10 heteroatoms. The van der Waals surface area contributed by atoms with Crippen molar-refractivity contribution in [2.75, 3.05) is 11.1 Å². The number of anilines is 1. The van der Waals surface area contributed by atoms with Gasteiger partial charge in [-0.2, -0.15) is 0 Å². The molecule has 2 aromatic heterocycles. The van der Waals surface area contributed by atoms with Crippen LogP contribution in [0.2, 0.25) is 0 Å². The molecule has 2 aromatic carbocycles. The van der Waals surface area contributed by atoms with Crippen LogP contribution in [0.15, 0.2) is 63.5 Å². The van der Waals surface area contributed by atoms with Gasteiger partial charge in [0.1, 0.15) is 12.4 Å². The molecule has 0 saturated carbocycles. The normalized spacial score (nSPS) is 11.1. The quantitative estimate of drug-likeness (QED) is 0.249. The van der Waals surface area contributed by atoms with Crippen LogP contribution in [0.4, 0.5) is 5.13 Å². The number of aromatic nitrogens is 4. The van der Waals surface area contributed by atoms with E-state index in [4.69, 9.17) is 4.74 Å². The van der Waals surface area contributed by atoms with Gasteiger partial charge in [-0.1, -0.05) is 65.8 Å². The number of ether oxygens (including phenoxy) is 1. The molecule has 0 unspecified atom stereocenters. The number of nitrogens with one attached hydrogen (secondary N) is 1. The molecule has 4 aromatic rings. The molecule has 0 spiro atoms. The number of halogens is 1. The summed E-state index contributed by atoms with van der Waals surface area (Å²) in [7, 11) is 1.87. The van der Waals surface area contributed by atoms with Crippen LogP contribution in [0.1, 0.15) is 31.2 Å². The Bertz CT molecular complexity index is 1250. The van der Waals surface area contributed by atoms with Gasteiger partial charge in [0.25, 0.3) is 0 Å². The second kappa shape index (κ2) is 11.2. The Balaban J connectivity index is 1.28. The Morgan fingerprint density at radius 1 is 1.15 bits per heavy atom. The average Bonchev–Trinajstić information content (AvgIpc) is 3.43. The molecule has 1 amide bonds. The fraction of sp³-hybridized carbons (Fsp3) is 0.250. The van der Waals surface area contributed by atoms with Crippen molar-refractivity contribution in [3.8, 4) is 17.0 Å². The molecule has 0 fully saturated rings. The molecule has 4 rings (SSSR count). The summed E-state index contributed by atoms with van der Waals surface area (Å²) in [6.07, 6.45) is 0. The molecule has 34 heavy (non-hydrogen) atoms. The van der Waals surface area contributed by atoms with Gasteiger partial charge < -0.3 is 14.6 Å². The number of amides is 1. The fourth-order valence-corrected chi connectivity index (χ4v) is 4.79. The lowest BCUT2D eigenvalue weighted by Gasteiger charge is -2.09. The van der Waals surface area contributed by atoms with Gasteiger partial charge in [0, 0.05) is 22.5 Å². The number of thioether (sulfide) groups is 1. The van der Waals surface area contributed by atoms with Crippen molar-refractivity contribution in [3.63, 3.8) is 0 Å². The van der Waals surface area contributed by atoms with E-state index in [1.807, 2.05) is 53.4 Å². The number of carbonyl (C=O) groups excluding carboxylic acids is 1. The monoisotopic (exact) mass is 557 g/mol. The topological polar surface area (TPSA) is 81.9 Å². The minimum Gasteiger partial charge on any atom is -0.486 e. The van der Waals surface area contributed by atoms with E-state index in [0.29, 0.717) is 28.6 Å². The Hall–Kier alpha value is -2.69. The highest BCUT2D eigenvalue weighted by Crippen LogP contribution is 2.26. The summed E-state index contributed by atoms with van der Waals surface area (Å²) in [4.78, 5) is 16.9. The first-order chi connectivity index (χ1) is 16.4. The first-order valence-electron chi connectivity index (χ1n) is 10.6. The van der Waals surface area contributed by atoms with Crippen LogP contribution in [0.25, 0.3) is 11.3 Å². The van der Waals surface area contributed by atoms with Crippen LogP contribution in [0.3, 0.4) is 0 Å². The number of carbonyl (C=O) groups is 1. The lowest BCUT2D eigenvalue weighted by molar-refractivity contribution is -0.113. The molecule has 0 atom stereocenters. The van der Waals surface area contributed by atoms with Crippen LogP contribution < -0.4 is 10.1 Å². The molecule has 0 radical (unpaired) electrons. The van der Waals surface area contributed by atoms with Crippen molar-refractivity contribution < 1.29 is 9.53 Å². The summed E-state index contributed by atoms with van der Waals surface area (Å²) in [5, 5.41) is 14.4. The maximum Gasteiger partial charge on any atom is 0.236 e. The summed E-state index contributed by atoms with van der Waals surface area (Å²) in [6.45, 7) is 4.62. The van der Waals surface area contributed by atoms with Gasteiger partial charge in [-0.05, 0) is 35.7 Å². The zero-order chi connectivity index (χ0) is 24.1. The molecule has 0 aliphatic carbocycles. The van der Waals surface area contributed by atoms with E-state index in [-0.39, 0.29) is 11.7 Å². The minimum absolute atomic E-state index is 0.146. The SMILES string of the molecule is CC(C)c1ccc(OCc2nnc(SCC(=O)Nc3nc(-c4ccc(Br)cc4)cs3)n2C)cc1. The molecule has 176 valence electrons. The highest BCUT2D eigenvalue weighted by molar-refractivity contribution is 9.10. The maximum absolute atomic E-state index is 12.4. The third-order valence-electron chi connectivity index (χ3n) is 5.06. The lowest BCUT2D eigenvalue weighted by Crippen LogP contribution is -2.14. The zero-order valence-electron chi connectivity index (χ0n) is 19.0. The Morgan fingerprint density at radius 2 is 1.88 bits per heavy atom. The number of benzene rings is 2. The molecular weight excluding hydrogens is 534 g/mol. The summed E-state index contributed by atoms with van der Waals surface area (Å²) < 4.78 is 8.70. The van der Waals surface area contributed by atoms with E-state index in [9.17, 15) is 4.79 Å². The third kappa shape index (κ3) is 6.25. The number of rotatable bonds is 9. The van der Waals surface area contributed by atoms with E-state index >= 15 is 0 Å². The van der Waals surface area contributed by atoms with Crippen LogP contribution in [-0.2, 0) is 18.4 Å². The average molecular weight is 559 g/mol. The van der Waals surface area contributed by atoms with Gasteiger partial charge in [0.05, 0.1) is 11.4 Å². The molecule has 7 nitrogen and oxygen atoms in total. The molecular formula is C24H24BrN5O2S2. The van der Waals surface area contributed by atoms with Gasteiger partial charge in [0.2, 0.25) is 5.91 Å². The second-order valence-electron chi connectivity index (χ2n) is 7.85. The molecule has 0 bridgehead atoms. The zero-order valence-corrected chi connectivity index (χ0v) is 22.2. The smallest absolute Gasteiger partial charge is 0.236 e. The van der Waals surface area contributed by atoms with Crippen molar-refractivity contribution >= 4 is 50.1 Å². The van der Waals surface area contributed by atoms with Crippen LogP contribution >= 0.6 is 39.0 Å². The summed E-state index contributed by atoms with van der Waals surface area (Å²) in [5.74, 6) is 2.01. The van der Waals surface area contributed by atoms with Crippen molar-refractivity contribution in [3.05, 3.63) is 69.8 Å². The predicted molar refractivity (Wildman–Crippen MR) is 140 cm³/mol. The minimum atomic E-state index is -0.146. The lowest BCUT2D eigenvalue weighted by atomic mass is 10.0. The van der Waals surface area contributed by atoms with E-state index in [2.05, 4.69) is 62.4 Å². The fourth-order valence-electron chi connectivity index (χ4n) is 3.06. The highest BCUT2D eigenvalue weighted by Gasteiger charge is 2.14. The number of thiazole rings is 1. The predicted octanol–water partition coefficient (Wildman–Crippen LogP) is 6.13.